The van der Waals surface area contributed by atoms with E-state index in [2.05, 4.69) is 34.1 Å². The van der Waals surface area contributed by atoms with Crippen molar-refractivity contribution in [1.29, 1.82) is 0 Å². The number of Topliss-reactive ketones (excluding diaryl/α,β-unsaturated/α-hetero) is 2. The van der Waals surface area contributed by atoms with Gasteiger partial charge in [-0.05, 0) is 98.2 Å². The number of rotatable bonds is 10. The molecule has 2 aliphatic rings. The number of anilines is 2. The number of carbonyl (C=O) groups excluding carboxylic acids is 3. The largest absolute Gasteiger partial charge is 0.372 e. The fraction of sp³-hybridized carbons (Fsp3) is 0.308. The van der Waals surface area contributed by atoms with Crippen molar-refractivity contribution in [2.45, 2.75) is 51.4 Å². The van der Waals surface area contributed by atoms with E-state index < -0.39 is 0 Å². The van der Waals surface area contributed by atoms with Crippen LogP contribution >= 0.6 is 0 Å². The summed E-state index contributed by atoms with van der Waals surface area (Å²) in [5.41, 5.74) is 6.68. The van der Waals surface area contributed by atoms with Crippen molar-refractivity contribution in [1.82, 2.24) is 0 Å². The molecule has 0 aliphatic carbocycles. The molecule has 2 heterocycles. The topological polar surface area (TPSA) is 57.7 Å². The van der Waals surface area contributed by atoms with Crippen LogP contribution in [0.15, 0.2) is 97.1 Å². The molecule has 5 heteroatoms. The molecule has 0 amide bonds. The summed E-state index contributed by atoms with van der Waals surface area (Å²) >= 11 is 0. The average molecular weight is 585 g/mol. The molecule has 2 saturated heterocycles. The predicted molar refractivity (Wildman–Crippen MR) is 177 cm³/mol. The molecule has 2 fully saturated rings. The van der Waals surface area contributed by atoms with Crippen LogP contribution in [0.25, 0.3) is 0 Å². The van der Waals surface area contributed by atoms with Crippen LogP contribution in [0.1, 0.15) is 86.3 Å². The third-order valence-electron chi connectivity index (χ3n) is 8.98. The Hall–Kier alpha value is -4.51. The van der Waals surface area contributed by atoms with E-state index in [1.165, 1.54) is 49.9 Å². The van der Waals surface area contributed by atoms with E-state index in [4.69, 9.17) is 0 Å². The second kappa shape index (κ2) is 13.9. The molecule has 0 atom stereocenters. The van der Waals surface area contributed by atoms with Crippen molar-refractivity contribution in [3.63, 3.8) is 0 Å². The smallest absolute Gasteiger partial charge is 0.193 e. The van der Waals surface area contributed by atoms with Crippen molar-refractivity contribution in [3.05, 3.63) is 130 Å². The molecule has 2 aliphatic heterocycles. The van der Waals surface area contributed by atoms with Gasteiger partial charge in [-0.25, -0.2) is 0 Å². The highest BCUT2D eigenvalue weighted by atomic mass is 16.1. The van der Waals surface area contributed by atoms with Gasteiger partial charge in [0, 0.05) is 72.6 Å². The number of nitrogens with zero attached hydrogens (tertiary/aromatic N) is 2. The van der Waals surface area contributed by atoms with Crippen molar-refractivity contribution in [2.75, 3.05) is 36.0 Å². The first-order chi connectivity index (χ1) is 21.5. The van der Waals surface area contributed by atoms with E-state index >= 15 is 0 Å². The van der Waals surface area contributed by atoms with Gasteiger partial charge in [0.05, 0.1) is 0 Å². The molecule has 0 saturated carbocycles. The molecular formula is C39H40N2O3. The highest BCUT2D eigenvalue weighted by Crippen LogP contribution is 2.23. The second-order valence-corrected chi connectivity index (χ2v) is 12.1. The van der Waals surface area contributed by atoms with Crippen molar-refractivity contribution >= 4 is 28.7 Å². The summed E-state index contributed by atoms with van der Waals surface area (Å²) in [5.74, 6) is 0.0528. The van der Waals surface area contributed by atoms with Crippen LogP contribution in [0.3, 0.4) is 0 Å². The van der Waals surface area contributed by atoms with E-state index in [1.54, 1.807) is 24.3 Å². The van der Waals surface area contributed by atoms with Crippen LogP contribution in [0.2, 0.25) is 0 Å². The van der Waals surface area contributed by atoms with Gasteiger partial charge in [0.1, 0.15) is 0 Å². The molecule has 0 spiro atoms. The van der Waals surface area contributed by atoms with Crippen LogP contribution in [0.5, 0.6) is 0 Å². The first-order valence-corrected chi connectivity index (χ1v) is 16.0. The Balaban J connectivity index is 1.02. The normalized spacial score (nSPS) is 15.2. The lowest BCUT2D eigenvalue weighted by Gasteiger charge is -2.28. The van der Waals surface area contributed by atoms with E-state index in [9.17, 15) is 14.4 Å². The summed E-state index contributed by atoms with van der Waals surface area (Å²) in [7, 11) is 0. The van der Waals surface area contributed by atoms with Crippen LogP contribution in [0, 0.1) is 0 Å². The zero-order valence-electron chi connectivity index (χ0n) is 25.3. The van der Waals surface area contributed by atoms with Gasteiger partial charge in [-0.3, -0.25) is 14.4 Å². The fourth-order valence-electron chi connectivity index (χ4n) is 6.31. The van der Waals surface area contributed by atoms with Crippen LogP contribution in [-0.2, 0) is 12.8 Å². The molecule has 6 rings (SSSR count). The van der Waals surface area contributed by atoms with Gasteiger partial charge in [0.25, 0.3) is 0 Å². The van der Waals surface area contributed by atoms with Gasteiger partial charge in [0.2, 0.25) is 0 Å². The monoisotopic (exact) mass is 584 g/mol. The quantitative estimate of drug-likeness (QED) is 0.178. The lowest BCUT2D eigenvalue weighted by molar-refractivity contribution is 0.0985. The summed E-state index contributed by atoms with van der Waals surface area (Å²) in [4.78, 5) is 43.7. The Labute approximate surface area is 260 Å². The number of carbonyl (C=O) groups is 3. The average Bonchev–Trinajstić information content (AvgIpc) is 3.09. The summed E-state index contributed by atoms with van der Waals surface area (Å²) < 4.78 is 0. The van der Waals surface area contributed by atoms with Crippen LogP contribution in [-0.4, -0.2) is 43.5 Å². The zero-order chi connectivity index (χ0) is 30.3. The van der Waals surface area contributed by atoms with E-state index in [1.807, 2.05) is 48.5 Å². The van der Waals surface area contributed by atoms with Crippen molar-refractivity contribution in [3.8, 4) is 0 Å². The molecule has 5 nitrogen and oxygen atoms in total. The fourth-order valence-corrected chi connectivity index (χ4v) is 6.31. The van der Waals surface area contributed by atoms with Gasteiger partial charge >= 0.3 is 0 Å². The third kappa shape index (κ3) is 7.16. The van der Waals surface area contributed by atoms with Gasteiger partial charge in [-0.1, -0.05) is 48.5 Å². The molecule has 0 N–H and O–H groups in total. The number of ketones is 3. The minimum atomic E-state index is -0.0812. The maximum atomic E-state index is 13.1. The standard InChI is InChI=1S/C39H40N2O3/c42-37(31-15-19-35(20-16-31)40-23-3-1-4-24-40)27-29-7-11-33(12-8-29)39(44)34-13-9-30(10-14-34)28-38(43)32-17-21-36(22-18-32)41-25-5-2-6-26-41/h7-22H,1-6,23-28H2. The predicted octanol–water partition coefficient (Wildman–Crippen LogP) is 7.75. The summed E-state index contributed by atoms with van der Waals surface area (Å²) in [6.45, 7) is 4.32. The molecule has 0 aromatic heterocycles. The molecule has 0 unspecified atom stereocenters. The molecule has 44 heavy (non-hydrogen) atoms. The molecule has 0 bridgehead atoms. The first kappa shape index (κ1) is 29.6. The van der Waals surface area contributed by atoms with E-state index in [-0.39, 0.29) is 17.3 Å². The second-order valence-electron chi connectivity index (χ2n) is 12.1. The maximum absolute atomic E-state index is 13.1. The van der Waals surface area contributed by atoms with Gasteiger partial charge in [-0.15, -0.1) is 0 Å². The highest BCUT2D eigenvalue weighted by molar-refractivity contribution is 6.09. The molecule has 4 aromatic rings. The Morgan fingerprint density at radius 1 is 0.409 bits per heavy atom. The SMILES string of the molecule is O=C(Cc1ccc(C(=O)c2ccc(CC(=O)c3ccc(N4CCCCC4)cc3)cc2)cc1)c1ccc(N2CCCCC2)cc1. The first-order valence-electron chi connectivity index (χ1n) is 16.0. The Morgan fingerprint density at radius 3 is 1.07 bits per heavy atom. The van der Waals surface area contributed by atoms with Crippen LogP contribution in [0.4, 0.5) is 11.4 Å². The van der Waals surface area contributed by atoms with Crippen LogP contribution < -0.4 is 9.80 Å². The van der Waals surface area contributed by atoms with Crippen molar-refractivity contribution < 1.29 is 14.4 Å². The third-order valence-corrected chi connectivity index (χ3v) is 8.98. The van der Waals surface area contributed by atoms with Gasteiger partial charge in [0.15, 0.2) is 17.3 Å². The zero-order valence-corrected chi connectivity index (χ0v) is 25.3. The summed E-state index contributed by atoms with van der Waals surface area (Å²) in [6.07, 6.45) is 8.06. The number of piperidine rings is 2. The maximum Gasteiger partial charge on any atom is 0.193 e. The lowest BCUT2D eigenvalue weighted by atomic mass is 9.97. The number of benzene rings is 4. The summed E-state index contributed by atoms with van der Waals surface area (Å²) in [6, 6.07) is 30.5. The van der Waals surface area contributed by atoms with Gasteiger partial charge < -0.3 is 9.80 Å². The number of hydrogen-bond donors (Lipinski definition) is 0. The Bertz CT molecular complexity index is 1460. The van der Waals surface area contributed by atoms with Gasteiger partial charge in [-0.2, -0.15) is 0 Å². The molecule has 4 aromatic carbocycles. The minimum Gasteiger partial charge on any atom is -0.372 e. The Morgan fingerprint density at radius 2 is 0.727 bits per heavy atom. The summed E-state index contributed by atoms with van der Waals surface area (Å²) in [5, 5.41) is 0. The molecular weight excluding hydrogens is 544 g/mol. The van der Waals surface area contributed by atoms with E-state index in [0.717, 1.165) is 37.3 Å². The highest BCUT2D eigenvalue weighted by Gasteiger charge is 2.15. The Kier molecular flexibility index (Phi) is 9.31. The minimum absolute atomic E-state index is 0.0670. The molecule has 0 radical (unpaired) electrons. The molecule has 224 valence electrons. The van der Waals surface area contributed by atoms with Crippen molar-refractivity contribution in [2.24, 2.45) is 0 Å². The van der Waals surface area contributed by atoms with E-state index in [0.29, 0.717) is 35.1 Å². The number of hydrogen-bond acceptors (Lipinski definition) is 5. The lowest BCUT2D eigenvalue weighted by Crippen LogP contribution is -2.29.